The Balaban J connectivity index is 2.62. The molecule has 4 nitrogen and oxygen atoms in total. The van der Waals surface area contributed by atoms with E-state index in [1.54, 1.807) is 6.26 Å². The van der Waals surface area contributed by atoms with E-state index in [-0.39, 0.29) is 23.4 Å². The van der Waals surface area contributed by atoms with E-state index in [2.05, 4.69) is 19.2 Å². The van der Waals surface area contributed by atoms with Crippen molar-refractivity contribution in [2.75, 3.05) is 12.8 Å². The van der Waals surface area contributed by atoms with Crippen LogP contribution in [0.1, 0.15) is 34.1 Å². The molecule has 4 atom stereocenters. The van der Waals surface area contributed by atoms with Crippen molar-refractivity contribution < 1.29 is 9.00 Å². The molecule has 1 aliphatic heterocycles. The molecule has 1 rings (SSSR count). The molecule has 4 unspecified atom stereocenters. The normalized spacial score (nSPS) is 28.8. The fourth-order valence-corrected chi connectivity index (χ4v) is 2.48. The number of rotatable bonds is 5. The van der Waals surface area contributed by atoms with Crippen molar-refractivity contribution in [1.82, 2.24) is 10.2 Å². The van der Waals surface area contributed by atoms with Gasteiger partial charge in [-0.15, -0.1) is 0 Å². The molecule has 0 spiro atoms. The van der Waals surface area contributed by atoms with Crippen molar-refractivity contribution in [3.63, 3.8) is 0 Å². The minimum absolute atomic E-state index is 0.0287. The molecule has 0 aromatic rings. The van der Waals surface area contributed by atoms with Crippen LogP contribution in [-0.4, -0.2) is 45.3 Å². The lowest BCUT2D eigenvalue weighted by Gasteiger charge is -2.23. The summed E-state index contributed by atoms with van der Waals surface area (Å²) in [4.78, 5) is 14.0. The van der Waals surface area contributed by atoms with Crippen molar-refractivity contribution in [3.8, 4) is 0 Å². The van der Waals surface area contributed by atoms with Gasteiger partial charge in [0.05, 0.1) is 12.2 Å². The zero-order valence-corrected chi connectivity index (χ0v) is 12.2. The van der Waals surface area contributed by atoms with Crippen molar-refractivity contribution >= 4 is 16.7 Å². The molecule has 1 saturated heterocycles. The summed E-state index contributed by atoms with van der Waals surface area (Å²) in [7, 11) is -0.880. The number of carbonyl (C=O) groups is 1. The maximum Gasteiger partial charge on any atom is 0.241 e. The second-order valence-corrected chi connectivity index (χ2v) is 7.13. The van der Waals surface area contributed by atoms with Crippen molar-refractivity contribution in [3.05, 3.63) is 0 Å². The second kappa shape index (κ2) is 5.96. The number of nitrogens with one attached hydrogen (secondary N) is 1. The van der Waals surface area contributed by atoms with Crippen molar-refractivity contribution in [2.24, 2.45) is 5.92 Å². The third-order valence-electron chi connectivity index (χ3n) is 3.22. The molecule has 17 heavy (non-hydrogen) atoms. The van der Waals surface area contributed by atoms with E-state index < -0.39 is 10.8 Å². The SMILES string of the molecule is CC(C)CC1NC(C)N(CC(C)S(C)=O)C1=O. The number of carbonyl (C=O) groups excluding carboxylic acids is 1. The lowest BCUT2D eigenvalue weighted by atomic mass is 10.0. The van der Waals surface area contributed by atoms with E-state index in [1.165, 1.54) is 0 Å². The Hall–Kier alpha value is -0.420. The predicted octanol–water partition coefficient (Wildman–Crippen LogP) is 0.946. The number of nitrogens with zero attached hydrogens (tertiary/aromatic N) is 1. The summed E-state index contributed by atoms with van der Waals surface area (Å²) in [5, 5.41) is 3.34. The first kappa shape index (κ1) is 14.6. The smallest absolute Gasteiger partial charge is 0.241 e. The maximum atomic E-state index is 12.2. The molecular weight excluding hydrogens is 236 g/mol. The molecule has 0 aromatic carbocycles. The zero-order valence-electron chi connectivity index (χ0n) is 11.4. The van der Waals surface area contributed by atoms with Gasteiger partial charge in [-0.25, -0.2) is 0 Å². The monoisotopic (exact) mass is 260 g/mol. The first-order chi connectivity index (χ1) is 7.82. The summed E-state index contributed by atoms with van der Waals surface area (Å²) in [5.74, 6) is 0.657. The van der Waals surface area contributed by atoms with Gasteiger partial charge in [-0.1, -0.05) is 13.8 Å². The first-order valence-corrected chi connectivity index (χ1v) is 7.83. The summed E-state index contributed by atoms with van der Waals surface area (Å²) < 4.78 is 11.4. The first-order valence-electron chi connectivity index (χ1n) is 6.21. The van der Waals surface area contributed by atoms with Gasteiger partial charge in [-0.3, -0.25) is 14.3 Å². The van der Waals surface area contributed by atoms with Crippen LogP contribution in [0.4, 0.5) is 0 Å². The van der Waals surface area contributed by atoms with Crippen LogP contribution in [0.25, 0.3) is 0 Å². The summed E-state index contributed by atoms with van der Waals surface area (Å²) in [6.45, 7) is 8.72. The fourth-order valence-electron chi connectivity index (χ4n) is 2.11. The average molecular weight is 260 g/mol. The molecule has 100 valence electrons. The third-order valence-corrected chi connectivity index (χ3v) is 4.50. The quantitative estimate of drug-likeness (QED) is 0.800. The van der Waals surface area contributed by atoms with Gasteiger partial charge in [0.2, 0.25) is 5.91 Å². The largest absolute Gasteiger partial charge is 0.325 e. The van der Waals surface area contributed by atoms with Gasteiger partial charge < -0.3 is 4.90 Å². The molecule has 1 N–H and O–H groups in total. The molecule has 0 radical (unpaired) electrons. The van der Waals surface area contributed by atoms with E-state index in [0.29, 0.717) is 12.5 Å². The van der Waals surface area contributed by atoms with Gasteiger partial charge >= 0.3 is 0 Å². The van der Waals surface area contributed by atoms with Crippen LogP contribution in [-0.2, 0) is 15.6 Å². The molecule has 0 saturated carbocycles. The number of hydrogen-bond acceptors (Lipinski definition) is 3. The van der Waals surface area contributed by atoms with Gasteiger partial charge in [-0.2, -0.15) is 0 Å². The molecule has 0 bridgehead atoms. The zero-order chi connectivity index (χ0) is 13.2. The van der Waals surface area contributed by atoms with E-state index in [0.717, 1.165) is 6.42 Å². The lowest BCUT2D eigenvalue weighted by Crippen LogP contribution is -2.40. The molecule has 1 heterocycles. The Bertz CT molecular complexity index is 307. The van der Waals surface area contributed by atoms with Gasteiger partial charge in [-0.05, 0) is 26.2 Å². The van der Waals surface area contributed by atoms with Crippen molar-refractivity contribution in [2.45, 2.75) is 51.6 Å². The lowest BCUT2D eigenvalue weighted by molar-refractivity contribution is -0.130. The molecular formula is C12H24N2O2S. The highest BCUT2D eigenvalue weighted by molar-refractivity contribution is 7.84. The van der Waals surface area contributed by atoms with Crippen LogP contribution < -0.4 is 5.32 Å². The Kier molecular flexibility index (Phi) is 5.13. The van der Waals surface area contributed by atoms with E-state index >= 15 is 0 Å². The molecule has 1 aliphatic rings. The predicted molar refractivity (Wildman–Crippen MR) is 71.1 cm³/mol. The van der Waals surface area contributed by atoms with Crippen LogP contribution in [0.15, 0.2) is 0 Å². The Morgan fingerprint density at radius 3 is 2.47 bits per heavy atom. The van der Waals surface area contributed by atoms with Gasteiger partial charge in [0.25, 0.3) is 0 Å². The summed E-state index contributed by atoms with van der Waals surface area (Å²) in [6.07, 6.45) is 2.61. The maximum absolute atomic E-state index is 12.2. The topological polar surface area (TPSA) is 49.4 Å². The van der Waals surface area contributed by atoms with Gasteiger partial charge in [0.1, 0.15) is 0 Å². The molecule has 5 heteroatoms. The van der Waals surface area contributed by atoms with Gasteiger partial charge in [0.15, 0.2) is 0 Å². The summed E-state index contributed by atoms with van der Waals surface area (Å²) in [5.41, 5.74) is 0. The van der Waals surface area contributed by atoms with Gasteiger partial charge in [0, 0.05) is 28.9 Å². The molecule has 0 aliphatic carbocycles. The molecule has 1 fully saturated rings. The highest BCUT2D eigenvalue weighted by atomic mass is 32.2. The minimum Gasteiger partial charge on any atom is -0.325 e. The van der Waals surface area contributed by atoms with Crippen LogP contribution in [0.5, 0.6) is 0 Å². The average Bonchev–Trinajstić information content (AvgIpc) is 2.44. The standard InChI is InChI=1S/C12H24N2O2S/c1-8(2)6-11-12(15)14(10(4)13-11)7-9(3)17(5)16/h8-11,13H,6-7H2,1-5H3. The van der Waals surface area contributed by atoms with E-state index in [4.69, 9.17) is 0 Å². The summed E-state index contributed by atoms with van der Waals surface area (Å²) in [6, 6.07) is -0.0671. The second-order valence-electron chi connectivity index (χ2n) is 5.32. The number of amides is 1. The Labute approximate surface area is 107 Å². The molecule has 0 aromatic heterocycles. The van der Waals surface area contributed by atoms with Crippen LogP contribution >= 0.6 is 0 Å². The van der Waals surface area contributed by atoms with Crippen LogP contribution in [0.2, 0.25) is 0 Å². The highest BCUT2D eigenvalue weighted by Crippen LogP contribution is 2.17. The Morgan fingerprint density at radius 2 is 2.00 bits per heavy atom. The van der Waals surface area contributed by atoms with Crippen LogP contribution in [0, 0.1) is 5.92 Å². The van der Waals surface area contributed by atoms with Crippen molar-refractivity contribution in [1.29, 1.82) is 0 Å². The number of hydrogen-bond donors (Lipinski definition) is 1. The van der Waals surface area contributed by atoms with E-state index in [9.17, 15) is 9.00 Å². The third kappa shape index (κ3) is 3.78. The minimum atomic E-state index is -0.880. The highest BCUT2D eigenvalue weighted by Gasteiger charge is 2.37. The molecule has 1 amide bonds. The summed E-state index contributed by atoms with van der Waals surface area (Å²) >= 11 is 0. The fraction of sp³-hybridized carbons (Fsp3) is 0.917. The Morgan fingerprint density at radius 1 is 1.41 bits per heavy atom. The van der Waals surface area contributed by atoms with Crippen LogP contribution in [0.3, 0.4) is 0 Å². The van der Waals surface area contributed by atoms with E-state index in [1.807, 2.05) is 18.7 Å².